The number of furan rings is 2. The van der Waals surface area contributed by atoms with Crippen molar-refractivity contribution < 1.29 is 18.4 Å². The van der Waals surface area contributed by atoms with Crippen molar-refractivity contribution in [3.8, 4) is 5.69 Å². The molecule has 10 nitrogen and oxygen atoms in total. The van der Waals surface area contributed by atoms with Gasteiger partial charge in [0.05, 0.1) is 42.2 Å². The van der Waals surface area contributed by atoms with Crippen LogP contribution in [0.25, 0.3) is 16.6 Å². The average molecular weight is 513 g/mol. The van der Waals surface area contributed by atoms with Crippen molar-refractivity contribution in [2.24, 2.45) is 0 Å². The minimum Gasteiger partial charge on any atom is -0.467 e. The lowest BCUT2D eigenvalue weighted by Gasteiger charge is -2.15. The largest absolute Gasteiger partial charge is 0.467 e. The van der Waals surface area contributed by atoms with Crippen molar-refractivity contribution in [2.75, 3.05) is 0 Å². The lowest BCUT2D eigenvalue weighted by atomic mass is 10.1. The molecule has 5 aromatic rings. The zero-order valence-corrected chi connectivity index (χ0v) is 20.5. The van der Waals surface area contributed by atoms with Gasteiger partial charge in [0.2, 0.25) is 5.91 Å². The second-order valence-corrected chi connectivity index (χ2v) is 8.69. The molecule has 0 fully saturated rings. The van der Waals surface area contributed by atoms with Crippen LogP contribution in [0.4, 0.5) is 0 Å². The molecule has 2 amide bonds. The molecule has 0 saturated heterocycles. The summed E-state index contributed by atoms with van der Waals surface area (Å²) in [5, 5.41) is 5.64. The van der Waals surface area contributed by atoms with E-state index in [0.29, 0.717) is 17.2 Å². The van der Waals surface area contributed by atoms with E-state index in [1.54, 1.807) is 48.5 Å². The second kappa shape index (κ2) is 10.5. The molecule has 0 radical (unpaired) electrons. The number of hydrogen-bond donors (Lipinski definition) is 2. The van der Waals surface area contributed by atoms with E-state index in [-0.39, 0.29) is 36.1 Å². The molecule has 0 aliphatic heterocycles. The third-order valence-corrected chi connectivity index (χ3v) is 6.04. The van der Waals surface area contributed by atoms with Crippen molar-refractivity contribution >= 4 is 22.7 Å². The highest BCUT2D eigenvalue weighted by Gasteiger charge is 2.19. The minimum atomic E-state index is -0.701. The number of benzene rings is 2. The molecule has 0 bridgehead atoms. The fourth-order valence-corrected chi connectivity index (χ4v) is 4.06. The van der Waals surface area contributed by atoms with E-state index in [1.807, 2.05) is 6.92 Å². The lowest BCUT2D eigenvalue weighted by molar-refractivity contribution is -0.121. The van der Waals surface area contributed by atoms with Gasteiger partial charge < -0.3 is 19.5 Å². The maximum Gasteiger partial charge on any atom is 0.336 e. The van der Waals surface area contributed by atoms with E-state index in [1.165, 1.54) is 35.3 Å². The smallest absolute Gasteiger partial charge is 0.336 e. The summed E-state index contributed by atoms with van der Waals surface area (Å²) in [5.74, 6) is 0.236. The van der Waals surface area contributed by atoms with Crippen LogP contribution in [0.15, 0.2) is 97.7 Å². The Balaban J connectivity index is 1.55. The molecule has 2 N–H and O–H groups in total. The van der Waals surface area contributed by atoms with Crippen LogP contribution in [0.5, 0.6) is 0 Å². The molecule has 38 heavy (non-hydrogen) atoms. The molecule has 192 valence electrons. The summed E-state index contributed by atoms with van der Waals surface area (Å²) in [6.45, 7) is 1.82. The Kier molecular flexibility index (Phi) is 6.77. The van der Waals surface area contributed by atoms with Crippen LogP contribution >= 0.6 is 0 Å². The van der Waals surface area contributed by atoms with E-state index in [9.17, 15) is 19.2 Å². The van der Waals surface area contributed by atoms with Crippen LogP contribution in [0.1, 0.15) is 27.4 Å². The SMILES string of the molecule is Cc1ccc(-n2c(=O)c3ccc(C(=O)NCc4ccco4)cc3n(CC(=O)NCc3ccco3)c2=O)cc1. The van der Waals surface area contributed by atoms with Crippen molar-refractivity contribution in [3.05, 3.63) is 123 Å². The van der Waals surface area contributed by atoms with Crippen LogP contribution in [-0.2, 0) is 24.4 Å². The third kappa shape index (κ3) is 5.05. The number of aromatic nitrogens is 2. The van der Waals surface area contributed by atoms with Crippen molar-refractivity contribution in [3.63, 3.8) is 0 Å². The molecule has 10 heteroatoms. The third-order valence-electron chi connectivity index (χ3n) is 6.04. The first-order valence-corrected chi connectivity index (χ1v) is 11.9. The molecule has 5 rings (SSSR count). The van der Waals surface area contributed by atoms with Crippen LogP contribution in [0.2, 0.25) is 0 Å². The molecule has 0 saturated carbocycles. The van der Waals surface area contributed by atoms with Gasteiger partial charge in [-0.2, -0.15) is 0 Å². The lowest BCUT2D eigenvalue weighted by Crippen LogP contribution is -2.41. The molecule has 0 atom stereocenters. The fraction of sp³-hybridized carbons (Fsp3) is 0.143. The molecule has 3 heterocycles. The van der Waals surface area contributed by atoms with Crippen LogP contribution in [0, 0.1) is 6.92 Å². The van der Waals surface area contributed by atoms with Crippen molar-refractivity contribution in [1.29, 1.82) is 0 Å². The summed E-state index contributed by atoms with van der Waals surface area (Å²) in [4.78, 5) is 52.7. The van der Waals surface area contributed by atoms with Gasteiger partial charge >= 0.3 is 5.69 Å². The summed E-state index contributed by atoms with van der Waals surface area (Å²) in [6, 6.07) is 18.2. The minimum absolute atomic E-state index is 0.135. The number of aryl methyl sites for hydroxylation is 1. The summed E-state index contributed by atoms with van der Waals surface area (Å²) in [7, 11) is 0. The van der Waals surface area contributed by atoms with Gasteiger partial charge in [-0.25, -0.2) is 9.36 Å². The second-order valence-electron chi connectivity index (χ2n) is 8.69. The number of nitrogens with one attached hydrogen (secondary N) is 2. The Morgan fingerprint density at radius 3 is 2.13 bits per heavy atom. The number of carbonyl (C=O) groups excluding carboxylic acids is 2. The molecular formula is C28H24N4O6. The first-order valence-electron chi connectivity index (χ1n) is 11.9. The number of hydrogen-bond acceptors (Lipinski definition) is 6. The molecule has 0 aliphatic rings. The first-order chi connectivity index (χ1) is 18.4. The Morgan fingerprint density at radius 2 is 1.50 bits per heavy atom. The number of fused-ring (bicyclic) bond motifs is 1. The van der Waals surface area contributed by atoms with Crippen molar-refractivity contribution in [2.45, 2.75) is 26.6 Å². The molecule has 0 unspecified atom stereocenters. The average Bonchev–Trinajstić information content (AvgIpc) is 3.64. The normalized spacial score (nSPS) is 11.0. The highest BCUT2D eigenvalue weighted by molar-refractivity contribution is 5.98. The molecule has 0 spiro atoms. The zero-order valence-electron chi connectivity index (χ0n) is 20.5. The van der Waals surface area contributed by atoms with E-state index < -0.39 is 23.1 Å². The molecule has 2 aromatic carbocycles. The molecule has 0 aliphatic carbocycles. The fourth-order valence-electron chi connectivity index (χ4n) is 4.06. The predicted molar refractivity (Wildman–Crippen MR) is 139 cm³/mol. The Labute approximate surface area is 216 Å². The van der Waals surface area contributed by atoms with Crippen LogP contribution in [-0.4, -0.2) is 20.9 Å². The number of carbonyl (C=O) groups is 2. The summed E-state index contributed by atoms with van der Waals surface area (Å²) in [6.07, 6.45) is 3.00. The van der Waals surface area contributed by atoms with Gasteiger partial charge in [-0.3, -0.25) is 19.0 Å². The summed E-state index contributed by atoms with van der Waals surface area (Å²) >= 11 is 0. The maximum atomic E-state index is 13.6. The Hall–Kier alpha value is -5.12. The van der Waals surface area contributed by atoms with E-state index >= 15 is 0 Å². The summed E-state index contributed by atoms with van der Waals surface area (Å²) < 4.78 is 12.7. The van der Waals surface area contributed by atoms with E-state index in [0.717, 1.165) is 10.1 Å². The zero-order chi connectivity index (χ0) is 26.6. The Bertz CT molecular complexity index is 1710. The number of nitrogens with zero attached hydrogens (tertiary/aromatic N) is 2. The van der Waals surface area contributed by atoms with Gasteiger partial charge in [-0.15, -0.1) is 0 Å². The van der Waals surface area contributed by atoms with Gasteiger partial charge in [0.1, 0.15) is 18.1 Å². The first kappa shape index (κ1) is 24.6. The van der Waals surface area contributed by atoms with Crippen LogP contribution in [0.3, 0.4) is 0 Å². The number of amides is 2. The molecular weight excluding hydrogens is 488 g/mol. The van der Waals surface area contributed by atoms with Gasteiger partial charge in [0, 0.05) is 5.56 Å². The predicted octanol–water partition coefficient (Wildman–Crippen LogP) is 2.89. The standard InChI is InChI=1S/C28H24N4O6/c1-18-6-9-20(10-7-18)32-27(35)23-11-8-19(26(34)30-16-22-5-3-13-38-22)14-24(23)31(28(32)36)17-25(33)29-15-21-4-2-12-37-21/h2-14H,15-17H2,1H3,(H,29,33)(H,30,34). The monoisotopic (exact) mass is 512 g/mol. The van der Waals surface area contributed by atoms with Gasteiger partial charge in [-0.1, -0.05) is 17.7 Å². The highest BCUT2D eigenvalue weighted by Crippen LogP contribution is 2.15. The molecule has 3 aromatic heterocycles. The topological polar surface area (TPSA) is 128 Å². The highest BCUT2D eigenvalue weighted by atomic mass is 16.3. The maximum absolute atomic E-state index is 13.6. The summed E-state index contributed by atoms with van der Waals surface area (Å²) in [5.41, 5.74) is 0.474. The number of rotatable bonds is 8. The van der Waals surface area contributed by atoms with E-state index in [4.69, 9.17) is 8.83 Å². The quantitative estimate of drug-likeness (QED) is 0.329. The van der Waals surface area contributed by atoms with Gasteiger partial charge in [-0.05, 0) is 61.5 Å². The van der Waals surface area contributed by atoms with Gasteiger partial charge in [0.25, 0.3) is 11.5 Å². The Morgan fingerprint density at radius 1 is 0.842 bits per heavy atom. The van der Waals surface area contributed by atoms with E-state index in [2.05, 4.69) is 10.6 Å². The van der Waals surface area contributed by atoms with Gasteiger partial charge in [0.15, 0.2) is 0 Å². The van der Waals surface area contributed by atoms with Crippen molar-refractivity contribution in [1.82, 2.24) is 19.8 Å². The van der Waals surface area contributed by atoms with Crippen LogP contribution < -0.4 is 21.9 Å².